The van der Waals surface area contributed by atoms with Gasteiger partial charge < -0.3 is 9.47 Å². The van der Waals surface area contributed by atoms with Crippen molar-refractivity contribution in [3.05, 3.63) is 57.3 Å². The van der Waals surface area contributed by atoms with Crippen LogP contribution in [0.3, 0.4) is 0 Å². The standard InChI is InChI=1S/C15H9BrClNO3/c16-14-13(2-1-5-18-14)21-15(19)10-6-9-7-11(17)3-4-12(9)20-8-10/h1-7H,8H2. The maximum Gasteiger partial charge on any atom is 0.343 e. The van der Waals surface area contributed by atoms with Gasteiger partial charge in [0, 0.05) is 16.8 Å². The number of esters is 1. The van der Waals surface area contributed by atoms with E-state index in [2.05, 4.69) is 20.9 Å². The molecule has 0 atom stereocenters. The molecule has 106 valence electrons. The van der Waals surface area contributed by atoms with E-state index >= 15 is 0 Å². The Morgan fingerprint density at radius 1 is 1.38 bits per heavy atom. The number of pyridine rings is 1. The first-order valence-electron chi connectivity index (χ1n) is 6.09. The van der Waals surface area contributed by atoms with Crippen LogP contribution >= 0.6 is 27.5 Å². The summed E-state index contributed by atoms with van der Waals surface area (Å²) in [4.78, 5) is 16.2. The zero-order chi connectivity index (χ0) is 14.8. The molecule has 21 heavy (non-hydrogen) atoms. The first kappa shape index (κ1) is 14.1. The van der Waals surface area contributed by atoms with Gasteiger partial charge >= 0.3 is 5.97 Å². The van der Waals surface area contributed by atoms with Crippen LogP contribution in [0.15, 0.2) is 46.7 Å². The van der Waals surface area contributed by atoms with Gasteiger partial charge in [0.1, 0.15) is 17.0 Å². The highest BCUT2D eigenvalue weighted by Crippen LogP contribution is 2.30. The van der Waals surface area contributed by atoms with Crippen LogP contribution in [0, 0.1) is 0 Å². The molecular formula is C15H9BrClNO3. The number of carbonyl (C=O) groups excluding carboxylic acids is 1. The van der Waals surface area contributed by atoms with E-state index < -0.39 is 5.97 Å². The van der Waals surface area contributed by atoms with Gasteiger partial charge in [-0.25, -0.2) is 9.78 Å². The SMILES string of the molecule is O=C(Oc1cccnc1Br)C1=Cc2cc(Cl)ccc2OC1. The van der Waals surface area contributed by atoms with Crippen molar-refractivity contribution in [2.45, 2.75) is 0 Å². The molecular weight excluding hydrogens is 358 g/mol. The lowest BCUT2D eigenvalue weighted by atomic mass is 10.1. The van der Waals surface area contributed by atoms with Crippen molar-refractivity contribution in [2.24, 2.45) is 0 Å². The number of halogens is 2. The van der Waals surface area contributed by atoms with E-state index in [0.717, 1.165) is 5.56 Å². The Labute approximate surface area is 134 Å². The van der Waals surface area contributed by atoms with Crippen molar-refractivity contribution in [1.29, 1.82) is 0 Å². The zero-order valence-electron chi connectivity index (χ0n) is 10.7. The Bertz CT molecular complexity index is 745. The maximum absolute atomic E-state index is 12.2. The molecule has 0 aliphatic carbocycles. The van der Waals surface area contributed by atoms with Gasteiger partial charge in [-0.05, 0) is 52.3 Å². The lowest BCUT2D eigenvalue weighted by molar-refractivity contribution is -0.130. The van der Waals surface area contributed by atoms with Crippen LogP contribution in [0.25, 0.3) is 6.08 Å². The summed E-state index contributed by atoms with van der Waals surface area (Å²) in [6.45, 7) is 0.158. The summed E-state index contributed by atoms with van der Waals surface area (Å²) >= 11 is 9.17. The minimum absolute atomic E-state index is 0.158. The highest BCUT2D eigenvalue weighted by molar-refractivity contribution is 9.10. The highest BCUT2D eigenvalue weighted by atomic mass is 79.9. The molecule has 0 saturated carbocycles. The van der Waals surface area contributed by atoms with Crippen molar-refractivity contribution in [3.63, 3.8) is 0 Å². The van der Waals surface area contributed by atoms with E-state index in [4.69, 9.17) is 21.1 Å². The summed E-state index contributed by atoms with van der Waals surface area (Å²) in [5, 5.41) is 0.582. The summed E-state index contributed by atoms with van der Waals surface area (Å²) in [7, 11) is 0. The van der Waals surface area contributed by atoms with E-state index in [0.29, 0.717) is 26.7 Å². The lowest BCUT2D eigenvalue weighted by Gasteiger charge is -2.17. The van der Waals surface area contributed by atoms with Crippen molar-refractivity contribution in [1.82, 2.24) is 4.98 Å². The van der Waals surface area contributed by atoms with Crippen molar-refractivity contribution >= 4 is 39.6 Å². The maximum atomic E-state index is 12.2. The molecule has 4 nitrogen and oxygen atoms in total. The van der Waals surface area contributed by atoms with Gasteiger partial charge in [0.05, 0.1) is 5.57 Å². The highest BCUT2D eigenvalue weighted by Gasteiger charge is 2.20. The molecule has 0 radical (unpaired) electrons. The summed E-state index contributed by atoms with van der Waals surface area (Å²) in [6.07, 6.45) is 3.32. The Morgan fingerprint density at radius 3 is 3.05 bits per heavy atom. The molecule has 1 aliphatic rings. The second-order valence-electron chi connectivity index (χ2n) is 4.32. The number of fused-ring (bicyclic) bond motifs is 1. The van der Waals surface area contributed by atoms with E-state index in [-0.39, 0.29) is 6.61 Å². The van der Waals surface area contributed by atoms with Gasteiger partial charge in [-0.3, -0.25) is 0 Å². The smallest absolute Gasteiger partial charge is 0.343 e. The molecule has 0 fully saturated rings. The number of benzene rings is 1. The molecule has 1 aliphatic heterocycles. The van der Waals surface area contributed by atoms with Crippen LogP contribution in [-0.4, -0.2) is 17.6 Å². The average molecular weight is 367 g/mol. The molecule has 0 bridgehead atoms. The van der Waals surface area contributed by atoms with Crippen molar-refractivity contribution in [2.75, 3.05) is 6.61 Å². The fraction of sp³-hybridized carbons (Fsp3) is 0.0667. The second-order valence-corrected chi connectivity index (χ2v) is 5.51. The second kappa shape index (κ2) is 5.87. The van der Waals surface area contributed by atoms with Crippen LogP contribution in [0.2, 0.25) is 5.02 Å². The van der Waals surface area contributed by atoms with Gasteiger partial charge in [0.2, 0.25) is 0 Å². The Balaban J connectivity index is 1.84. The van der Waals surface area contributed by atoms with Gasteiger partial charge in [-0.2, -0.15) is 0 Å². The fourth-order valence-electron chi connectivity index (χ4n) is 1.88. The van der Waals surface area contributed by atoms with Crippen molar-refractivity contribution in [3.8, 4) is 11.5 Å². The largest absolute Gasteiger partial charge is 0.488 e. The Hall–Kier alpha value is -1.85. The minimum atomic E-state index is -0.477. The summed E-state index contributed by atoms with van der Waals surface area (Å²) in [5.74, 6) is 0.577. The number of ether oxygens (including phenoxy) is 2. The zero-order valence-corrected chi connectivity index (χ0v) is 13.0. The predicted molar refractivity (Wildman–Crippen MR) is 82.5 cm³/mol. The summed E-state index contributed by atoms with van der Waals surface area (Å²) in [6, 6.07) is 8.60. The van der Waals surface area contributed by atoms with Gasteiger partial charge in [-0.1, -0.05) is 11.6 Å². The van der Waals surface area contributed by atoms with Crippen LogP contribution < -0.4 is 9.47 Å². The van der Waals surface area contributed by atoms with Gasteiger partial charge in [0.15, 0.2) is 5.75 Å². The van der Waals surface area contributed by atoms with Crippen molar-refractivity contribution < 1.29 is 14.3 Å². The van der Waals surface area contributed by atoms with E-state index in [1.54, 1.807) is 42.6 Å². The Kier molecular flexibility index (Phi) is 3.94. The van der Waals surface area contributed by atoms with Crippen LogP contribution in [0.5, 0.6) is 11.5 Å². The number of nitrogens with zero attached hydrogens (tertiary/aromatic N) is 1. The van der Waals surface area contributed by atoms with E-state index in [1.807, 2.05) is 0 Å². The molecule has 2 aromatic rings. The Morgan fingerprint density at radius 2 is 2.24 bits per heavy atom. The molecule has 0 spiro atoms. The third-order valence-corrected chi connectivity index (χ3v) is 3.71. The fourth-order valence-corrected chi connectivity index (χ4v) is 2.39. The minimum Gasteiger partial charge on any atom is -0.488 e. The van der Waals surface area contributed by atoms with E-state index in [9.17, 15) is 4.79 Å². The van der Waals surface area contributed by atoms with E-state index in [1.165, 1.54) is 0 Å². The third kappa shape index (κ3) is 3.09. The van der Waals surface area contributed by atoms with Crippen LogP contribution in [-0.2, 0) is 4.79 Å². The topological polar surface area (TPSA) is 48.4 Å². The molecule has 0 saturated heterocycles. The summed E-state index contributed by atoms with van der Waals surface area (Å²) < 4.78 is 11.3. The number of aromatic nitrogens is 1. The molecule has 1 aromatic heterocycles. The molecule has 0 N–H and O–H groups in total. The first-order chi connectivity index (χ1) is 10.1. The number of carbonyl (C=O) groups is 1. The first-order valence-corrected chi connectivity index (χ1v) is 7.26. The lowest BCUT2D eigenvalue weighted by Crippen LogP contribution is -2.19. The molecule has 1 aromatic carbocycles. The number of hydrogen-bond acceptors (Lipinski definition) is 4. The van der Waals surface area contributed by atoms with Gasteiger partial charge in [0.25, 0.3) is 0 Å². The normalized spacial score (nSPS) is 13.0. The monoisotopic (exact) mass is 365 g/mol. The third-order valence-electron chi connectivity index (χ3n) is 2.87. The number of rotatable bonds is 2. The quantitative estimate of drug-likeness (QED) is 0.598. The van der Waals surface area contributed by atoms with Crippen LogP contribution in [0.4, 0.5) is 0 Å². The number of hydrogen-bond donors (Lipinski definition) is 0. The van der Waals surface area contributed by atoms with Crippen LogP contribution in [0.1, 0.15) is 5.56 Å². The van der Waals surface area contributed by atoms with Gasteiger partial charge in [-0.15, -0.1) is 0 Å². The summed E-state index contributed by atoms with van der Waals surface area (Å²) in [5.41, 5.74) is 1.17. The molecule has 3 rings (SSSR count). The molecule has 6 heteroatoms. The average Bonchev–Trinajstić information content (AvgIpc) is 2.48. The predicted octanol–water partition coefficient (Wildman–Crippen LogP) is 3.88. The molecule has 2 heterocycles. The molecule has 0 unspecified atom stereocenters. The molecule has 0 amide bonds.